The lowest BCUT2D eigenvalue weighted by Gasteiger charge is -2.05. The molecule has 0 N–H and O–H groups in total. The molecule has 1 rings (SSSR count). The number of aryl methyl sites for hydroxylation is 1. The molecule has 1 aromatic rings. The zero-order valence-electron chi connectivity index (χ0n) is 5.88. The van der Waals surface area contributed by atoms with Crippen molar-refractivity contribution in [3.63, 3.8) is 0 Å². The van der Waals surface area contributed by atoms with E-state index in [0.717, 1.165) is 5.01 Å². The van der Waals surface area contributed by atoms with Gasteiger partial charge in [-0.15, -0.1) is 11.3 Å². The molecule has 0 saturated carbocycles. The summed E-state index contributed by atoms with van der Waals surface area (Å²) in [5, 5.41) is 2.34. The minimum Gasteiger partial charge on any atom is -0.368 e. The first-order chi connectivity index (χ1) is 4.20. The van der Waals surface area contributed by atoms with E-state index in [1.54, 1.807) is 11.3 Å². The van der Waals surface area contributed by atoms with Gasteiger partial charge in [0.25, 0.3) is 0 Å². The fourth-order valence-corrected chi connectivity index (χ4v) is 1.25. The summed E-state index contributed by atoms with van der Waals surface area (Å²) in [7, 11) is 4.04. The number of aromatic nitrogens is 1. The molecule has 50 valence electrons. The molecule has 1 aromatic heterocycles. The van der Waals surface area contributed by atoms with E-state index in [0.29, 0.717) is 0 Å². The molecule has 0 aliphatic carbocycles. The van der Waals surface area contributed by atoms with Crippen LogP contribution in [0.15, 0.2) is 6.20 Å². The lowest BCUT2D eigenvalue weighted by Crippen LogP contribution is -2.05. The van der Waals surface area contributed by atoms with Crippen molar-refractivity contribution in [1.29, 1.82) is 0 Å². The van der Waals surface area contributed by atoms with Gasteiger partial charge in [-0.25, -0.2) is 4.98 Å². The van der Waals surface area contributed by atoms with E-state index in [-0.39, 0.29) is 0 Å². The topological polar surface area (TPSA) is 16.1 Å². The van der Waals surface area contributed by atoms with Crippen molar-refractivity contribution in [1.82, 2.24) is 4.98 Å². The van der Waals surface area contributed by atoms with E-state index >= 15 is 0 Å². The lowest BCUT2D eigenvalue weighted by atomic mass is 10.7. The number of nitrogens with zero attached hydrogens (tertiary/aromatic N) is 2. The molecule has 0 aromatic carbocycles. The second kappa shape index (κ2) is 2.35. The zero-order chi connectivity index (χ0) is 6.85. The number of thiazole rings is 1. The standard InChI is InChI=1S/C6H10N2S/c1-5-7-4-6(9-5)8(2)3/h4H,1-3H3. The maximum absolute atomic E-state index is 4.11. The Labute approximate surface area is 59.1 Å². The van der Waals surface area contributed by atoms with Gasteiger partial charge in [0.05, 0.1) is 11.2 Å². The highest BCUT2D eigenvalue weighted by Crippen LogP contribution is 2.19. The molecule has 0 aliphatic rings. The average molecular weight is 142 g/mol. The van der Waals surface area contributed by atoms with Gasteiger partial charge in [0, 0.05) is 14.1 Å². The monoisotopic (exact) mass is 142 g/mol. The molecular formula is C6H10N2S. The quantitative estimate of drug-likeness (QED) is 0.591. The Morgan fingerprint density at radius 1 is 1.56 bits per heavy atom. The van der Waals surface area contributed by atoms with Crippen LogP contribution in [0, 0.1) is 6.92 Å². The van der Waals surface area contributed by atoms with Crippen molar-refractivity contribution in [3.05, 3.63) is 11.2 Å². The van der Waals surface area contributed by atoms with Crippen LogP contribution >= 0.6 is 11.3 Å². The number of hydrogen-bond donors (Lipinski definition) is 0. The minimum atomic E-state index is 1.12. The molecule has 0 saturated heterocycles. The van der Waals surface area contributed by atoms with Crippen molar-refractivity contribution in [2.75, 3.05) is 19.0 Å². The first-order valence-electron chi connectivity index (χ1n) is 2.80. The van der Waals surface area contributed by atoms with E-state index < -0.39 is 0 Å². The molecule has 3 heteroatoms. The summed E-state index contributed by atoms with van der Waals surface area (Å²) >= 11 is 1.71. The Bertz CT molecular complexity index is 193. The van der Waals surface area contributed by atoms with Crippen LogP contribution in [0.4, 0.5) is 5.00 Å². The summed E-state index contributed by atoms with van der Waals surface area (Å²) in [5.41, 5.74) is 0. The van der Waals surface area contributed by atoms with Gasteiger partial charge in [-0.1, -0.05) is 0 Å². The van der Waals surface area contributed by atoms with Gasteiger partial charge >= 0.3 is 0 Å². The maximum Gasteiger partial charge on any atom is 0.111 e. The van der Waals surface area contributed by atoms with Crippen LogP contribution in [0.1, 0.15) is 5.01 Å². The van der Waals surface area contributed by atoms with E-state index in [2.05, 4.69) is 9.88 Å². The molecule has 0 amide bonds. The molecule has 0 spiro atoms. The van der Waals surface area contributed by atoms with Crippen LogP contribution < -0.4 is 4.90 Å². The smallest absolute Gasteiger partial charge is 0.111 e. The van der Waals surface area contributed by atoms with Crippen LogP contribution in [0.5, 0.6) is 0 Å². The van der Waals surface area contributed by atoms with E-state index in [1.807, 2.05) is 27.2 Å². The Morgan fingerprint density at radius 2 is 2.22 bits per heavy atom. The van der Waals surface area contributed by atoms with Crippen LogP contribution in [0.3, 0.4) is 0 Å². The fourth-order valence-electron chi connectivity index (χ4n) is 0.557. The Hall–Kier alpha value is -0.570. The molecule has 0 aliphatic heterocycles. The van der Waals surface area contributed by atoms with Gasteiger partial charge in [-0.2, -0.15) is 0 Å². The highest BCUT2D eigenvalue weighted by atomic mass is 32.1. The van der Waals surface area contributed by atoms with Gasteiger partial charge in [0.15, 0.2) is 0 Å². The molecular weight excluding hydrogens is 132 g/mol. The number of hydrogen-bond acceptors (Lipinski definition) is 3. The summed E-state index contributed by atoms with van der Waals surface area (Å²) in [5.74, 6) is 0. The molecule has 0 fully saturated rings. The predicted molar refractivity (Wildman–Crippen MR) is 41.2 cm³/mol. The predicted octanol–water partition coefficient (Wildman–Crippen LogP) is 1.52. The summed E-state index contributed by atoms with van der Waals surface area (Å²) in [4.78, 5) is 6.17. The Morgan fingerprint density at radius 3 is 2.44 bits per heavy atom. The van der Waals surface area contributed by atoms with E-state index in [1.165, 1.54) is 5.00 Å². The largest absolute Gasteiger partial charge is 0.368 e. The Balaban J connectivity index is 2.85. The maximum atomic E-state index is 4.11. The zero-order valence-corrected chi connectivity index (χ0v) is 6.70. The highest BCUT2D eigenvalue weighted by molar-refractivity contribution is 7.15. The molecule has 0 atom stereocenters. The summed E-state index contributed by atoms with van der Waals surface area (Å²) in [6.45, 7) is 2.01. The van der Waals surface area contributed by atoms with Crippen molar-refractivity contribution >= 4 is 16.3 Å². The summed E-state index contributed by atoms with van der Waals surface area (Å²) in [6, 6.07) is 0. The molecule has 1 heterocycles. The van der Waals surface area contributed by atoms with E-state index in [4.69, 9.17) is 0 Å². The molecule has 0 bridgehead atoms. The lowest BCUT2D eigenvalue weighted by molar-refractivity contribution is 1.14. The van der Waals surface area contributed by atoms with Gasteiger partial charge in [-0.05, 0) is 6.92 Å². The van der Waals surface area contributed by atoms with Crippen molar-refractivity contribution in [2.45, 2.75) is 6.92 Å². The number of anilines is 1. The molecule has 9 heavy (non-hydrogen) atoms. The van der Waals surface area contributed by atoms with Gasteiger partial charge in [-0.3, -0.25) is 0 Å². The van der Waals surface area contributed by atoms with Crippen LogP contribution in [0.2, 0.25) is 0 Å². The molecule has 0 unspecified atom stereocenters. The third kappa shape index (κ3) is 1.42. The summed E-state index contributed by atoms with van der Waals surface area (Å²) in [6.07, 6.45) is 1.89. The SMILES string of the molecule is Cc1ncc(N(C)C)s1. The normalized spacial score (nSPS) is 9.67. The fraction of sp³-hybridized carbons (Fsp3) is 0.500. The second-order valence-electron chi connectivity index (χ2n) is 2.11. The number of rotatable bonds is 1. The van der Waals surface area contributed by atoms with Crippen LogP contribution in [-0.2, 0) is 0 Å². The van der Waals surface area contributed by atoms with Gasteiger partial charge in [0.2, 0.25) is 0 Å². The average Bonchev–Trinajstić information content (AvgIpc) is 2.14. The second-order valence-corrected chi connectivity index (χ2v) is 3.33. The summed E-state index contributed by atoms with van der Waals surface area (Å²) < 4.78 is 0. The van der Waals surface area contributed by atoms with Crippen molar-refractivity contribution in [2.24, 2.45) is 0 Å². The van der Waals surface area contributed by atoms with Crippen molar-refractivity contribution < 1.29 is 0 Å². The third-order valence-corrected chi connectivity index (χ3v) is 2.13. The van der Waals surface area contributed by atoms with Crippen LogP contribution in [-0.4, -0.2) is 19.1 Å². The highest BCUT2D eigenvalue weighted by Gasteiger charge is 1.96. The Kier molecular flexibility index (Phi) is 1.71. The van der Waals surface area contributed by atoms with Gasteiger partial charge in [0.1, 0.15) is 5.00 Å². The molecule has 0 radical (unpaired) electrons. The first-order valence-corrected chi connectivity index (χ1v) is 3.61. The van der Waals surface area contributed by atoms with Gasteiger partial charge < -0.3 is 4.90 Å². The molecule has 2 nitrogen and oxygen atoms in total. The van der Waals surface area contributed by atoms with Crippen molar-refractivity contribution in [3.8, 4) is 0 Å². The third-order valence-electron chi connectivity index (χ3n) is 1.05. The van der Waals surface area contributed by atoms with Crippen LogP contribution in [0.25, 0.3) is 0 Å². The van der Waals surface area contributed by atoms with E-state index in [9.17, 15) is 0 Å². The first kappa shape index (κ1) is 6.55. The minimum absolute atomic E-state index is 1.12.